The van der Waals surface area contributed by atoms with Gasteiger partial charge in [-0.15, -0.1) is 0 Å². The summed E-state index contributed by atoms with van der Waals surface area (Å²) in [5.41, 5.74) is 0. The van der Waals surface area contributed by atoms with Gasteiger partial charge in [-0.1, -0.05) is 378 Å². The summed E-state index contributed by atoms with van der Waals surface area (Å²) >= 11 is 0. The predicted octanol–water partition coefficient (Wildman–Crippen LogP) is 24.5. The van der Waals surface area contributed by atoms with Crippen molar-refractivity contribution in [2.45, 2.75) is 437 Å². The number of ether oxygens (including phenoxy) is 1. The molecule has 3 N–H and O–H groups in total. The van der Waals surface area contributed by atoms with Crippen molar-refractivity contribution >= 4 is 11.9 Å². The van der Waals surface area contributed by atoms with Crippen molar-refractivity contribution < 1.29 is 24.5 Å². The van der Waals surface area contributed by atoms with Crippen LogP contribution >= 0.6 is 0 Å². The molecule has 0 spiro atoms. The zero-order valence-corrected chi connectivity index (χ0v) is 55.8. The summed E-state index contributed by atoms with van der Waals surface area (Å²) in [6, 6.07) is -0.630. The number of allylic oxidation sites excluding steroid dienone is 3. The van der Waals surface area contributed by atoms with E-state index < -0.39 is 12.1 Å². The van der Waals surface area contributed by atoms with E-state index in [4.69, 9.17) is 4.74 Å². The fourth-order valence-electron chi connectivity index (χ4n) is 12.0. The van der Waals surface area contributed by atoms with E-state index in [2.05, 4.69) is 31.3 Å². The summed E-state index contributed by atoms with van der Waals surface area (Å²) in [6.45, 7) is 4.95. The Balaban J connectivity index is 3.40. The molecule has 0 bridgehead atoms. The van der Waals surface area contributed by atoms with Gasteiger partial charge in [-0.25, -0.2) is 0 Å². The molecule has 0 aromatic heterocycles. The number of hydrogen-bond acceptors (Lipinski definition) is 5. The molecule has 486 valence electrons. The largest absolute Gasteiger partial charge is 0.466 e. The Labute approximate surface area is 513 Å². The summed E-state index contributed by atoms with van der Waals surface area (Å²) in [4.78, 5) is 24.6. The molecule has 0 saturated heterocycles. The van der Waals surface area contributed by atoms with Crippen LogP contribution in [0.5, 0.6) is 0 Å². The van der Waals surface area contributed by atoms with E-state index in [-0.39, 0.29) is 18.5 Å². The molecule has 82 heavy (non-hydrogen) atoms. The molecule has 0 aliphatic carbocycles. The minimum atomic E-state index is -0.846. The van der Waals surface area contributed by atoms with Crippen LogP contribution in [0.1, 0.15) is 425 Å². The molecule has 6 nitrogen and oxygen atoms in total. The monoisotopic (exact) mass is 1150 g/mol. The Morgan fingerprint density at radius 1 is 0.329 bits per heavy atom. The first kappa shape index (κ1) is 80.3. The minimum Gasteiger partial charge on any atom is -0.466 e. The Kier molecular flexibility index (Phi) is 70.4. The third kappa shape index (κ3) is 67.5. The first-order chi connectivity index (χ1) is 40.5. The first-order valence-electron chi connectivity index (χ1n) is 37.6. The molecule has 0 rings (SSSR count). The average Bonchev–Trinajstić information content (AvgIpc) is 3.48. The van der Waals surface area contributed by atoms with E-state index >= 15 is 0 Å². The Bertz CT molecular complexity index is 1280. The molecule has 0 aromatic rings. The Morgan fingerprint density at radius 3 is 0.866 bits per heavy atom. The topological polar surface area (TPSA) is 95.9 Å². The van der Waals surface area contributed by atoms with Gasteiger partial charge in [0.1, 0.15) is 0 Å². The lowest BCUT2D eigenvalue weighted by Crippen LogP contribution is -2.45. The minimum absolute atomic E-state index is 0.0192. The number of hydrogen-bond donors (Lipinski definition) is 3. The van der Waals surface area contributed by atoms with Gasteiger partial charge in [0.25, 0.3) is 0 Å². The van der Waals surface area contributed by atoms with Gasteiger partial charge < -0.3 is 20.3 Å². The number of aliphatic hydroxyl groups excluding tert-OH is 2. The maximum absolute atomic E-state index is 12.5. The molecule has 1 amide bonds. The quantitative estimate of drug-likeness (QED) is 0.0320. The summed E-state index contributed by atoms with van der Waals surface area (Å²) in [5.74, 6) is -0.0450. The van der Waals surface area contributed by atoms with Gasteiger partial charge in [-0.3, -0.25) is 9.59 Å². The lowest BCUT2D eigenvalue weighted by Gasteiger charge is -2.20. The lowest BCUT2D eigenvalue weighted by atomic mass is 10.0. The van der Waals surface area contributed by atoms with Gasteiger partial charge in [-0.2, -0.15) is 0 Å². The van der Waals surface area contributed by atoms with Gasteiger partial charge >= 0.3 is 5.97 Å². The van der Waals surface area contributed by atoms with Crippen molar-refractivity contribution in [1.29, 1.82) is 0 Å². The van der Waals surface area contributed by atoms with Crippen LogP contribution in [0, 0.1) is 0 Å². The molecule has 0 heterocycles. The van der Waals surface area contributed by atoms with Gasteiger partial charge in [0, 0.05) is 12.8 Å². The third-order valence-corrected chi connectivity index (χ3v) is 17.7. The van der Waals surface area contributed by atoms with Crippen molar-refractivity contribution in [3.63, 3.8) is 0 Å². The van der Waals surface area contributed by atoms with Crippen LogP contribution in [-0.2, 0) is 14.3 Å². The number of carbonyl (C=O) groups excluding carboxylic acids is 2. The van der Waals surface area contributed by atoms with Gasteiger partial charge in [0.2, 0.25) is 5.91 Å². The summed E-state index contributed by atoms with van der Waals surface area (Å²) < 4.78 is 5.50. The first-order valence-corrected chi connectivity index (χ1v) is 37.6. The molecule has 2 unspecified atom stereocenters. The second kappa shape index (κ2) is 71.8. The average molecular weight is 1160 g/mol. The SMILES string of the molecule is CCCCCCCCCCCCCCCCCCCCCC/C=C/C(O)C(CO)NC(=O)CCCCCCCCCCCCC/C=C\CCCCCCCCCCCCCCOC(=O)CCCCCCCCCCCCCCCCCC. The van der Waals surface area contributed by atoms with Crippen molar-refractivity contribution in [2.75, 3.05) is 13.2 Å². The van der Waals surface area contributed by atoms with Crippen LogP contribution in [-0.4, -0.2) is 47.4 Å². The van der Waals surface area contributed by atoms with Crippen LogP contribution in [0.2, 0.25) is 0 Å². The molecular formula is C76H147NO5. The maximum Gasteiger partial charge on any atom is 0.305 e. The highest BCUT2D eigenvalue weighted by molar-refractivity contribution is 5.76. The molecule has 0 fully saturated rings. The maximum atomic E-state index is 12.5. The van der Waals surface area contributed by atoms with E-state index in [1.807, 2.05) is 6.08 Å². The number of amides is 1. The van der Waals surface area contributed by atoms with E-state index in [1.54, 1.807) is 6.08 Å². The van der Waals surface area contributed by atoms with E-state index in [9.17, 15) is 19.8 Å². The normalized spacial score (nSPS) is 12.6. The van der Waals surface area contributed by atoms with Gasteiger partial charge in [0.05, 0.1) is 25.4 Å². The molecule has 0 aromatic carbocycles. The third-order valence-electron chi connectivity index (χ3n) is 17.7. The summed E-state index contributed by atoms with van der Waals surface area (Å²) in [6.07, 6.45) is 91.3. The van der Waals surface area contributed by atoms with Crippen LogP contribution in [0.15, 0.2) is 24.3 Å². The van der Waals surface area contributed by atoms with Crippen LogP contribution in [0.25, 0.3) is 0 Å². The van der Waals surface area contributed by atoms with Gasteiger partial charge in [-0.05, 0) is 57.8 Å². The number of aliphatic hydroxyl groups is 2. The van der Waals surface area contributed by atoms with Crippen LogP contribution < -0.4 is 5.32 Å². The van der Waals surface area contributed by atoms with Crippen LogP contribution in [0.4, 0.5) is 0 Å². The second-order valence-corrected chi connectivity index (χ2v) is 26.0. The molecule has 0 aliphatic heterocycles. The number of unbranched alkanes of at least 4 members (excludes halogenated alkanes) is 58. The summed E-state index contributed by atoms with van der Waals surface area (Å²) in [7, 11) is 0. The molecule has 6 heteroatoms. The van der Waals surface area contributed by atoms with E-state index in [0.29, 0.717) is 19.4 Å². The second-order valence-electron chi connectivity index (χ2n) is 26.0. The zero-order valence-electron chi connectivity index (χ0n) is 55.8. The fraction of sp³-hybridized carbons (Fsp3) is 0.921. The number of rotatable bonds is 71. The molecule has 2 atom stereocenters. The Morgan fingerprint density at radius 2 is 0.573 bits per heavy atom. The molecular weight excluding hydrogens is 1010 g/mol. The summed E-state index contributed by atoms with van der Waals surface area (Å²) in [5, 5.41) is 23.3. The van der Waals surface area contributed by atoms with E-state index in [1.165, 1.54) is 360 Å². The van der Waals surface area contributed by atoms with E-state index in [0.717, 1.165) is 38.5 Å². The standard InChI is InChI=1S/C76H147NO5/c1-3-5-7-9-11-13-15-17-19-21-22-23-31-34-37-40-44-48-52-56-60-64-68-74(79)73(72-78)77-75(80)69-65-61-57-53-49-45-41-38-35-32-29-27-25-24-26-28-30-33-36-39-43-47-51-55-59-63-67-71-82-76(81)70-66-62-58-54-50-46-42-20-18-16-14-12-10-8-6-4-2/h24-25,64,68,73-74,78-79H,3-23,26-63,65-67,69-72H2,1-2H3,(H,77,80)/b25-24-,68-64+. The van der Waals surface area contributed by atoms with Crippen molar-refractivity contribution in [2.24, 2.45) is 0 Å². The highest BCUT2D eigenvalue weighted by atomic mass is 16.5. The van der Waals surface area contributed by atoms with Crippen molar-refractivity contribution in [3.8, 4) is 0 Å². The predicted molar refractivity (Wildman–Crippen MR) is 361 cm³/mol. The number of carbonyl (C=O) groups is 2. The highest BCUT2D eigenvalue weighted by Gasteiger charge is 2.18. The van der Waals surface area contributed by atoms with Crippen molar-refractivity contribution in [1.82, 2.24) is 5.32 Å². The highest BCUT2D eigenvalue weighted by Crippen LogP contribution is 2.19. The number of nitrogens with one attached hydrogen (secondary N) is 1. The van der Waals surface area contributed by atoms with Gasteiger partial charge in [0.15, 0.2) is 0 Å². The Hall–Kier alpha value is -1.66. The van der Waals surface area contributed by atoms with Crippen molar-refractivity contribution in [3.05, 3.63) is 24.3 Å². The number of esters is 1. The molecule has 0 radical (unpaired) electrons. The fourth-order valence-corrected chi connectivity index (χ4v) is 12.0. The molecule has 0 aliphatic rings. The smallest absolute Gasteiger partial charge is 0.305 e. The van der Waals surface area contributed by atoms with Crippen LogP contribution in [0.3, 0.4) is 0 Å². The molecule has 0 saturated carbocycles. The lowest BCUT2D eigenvalue weighted by molar-refractivity contribution is -0.143. The zero-order chi connectivity index (χ0) is 59.2.